The summed E-state index contributed by atoms with van der Waals surface area (Å²) in [4.78, 5) is 48.2. The van der Waals surface area contributed by atoms with Crippen LogP contribution in [0.2, 0.25) is 0 Å². The molecule has 32 heavy (non-hydrogen) atoms. The van der Waals surface area contributed by atoms with E-state index in [1.54, 1.807) is 24.3 Å². The van der Waals surface area contributed by atoms with Crippen LogP contribution in [0.5, 0.6) is 0 Å². The molecule has 0 radical (unpaired) electrons. The molecule has 0 unspecified atom stereocenters. The SMILES string of the molecule is N=C(N)c1ccc(-c2cc(C(=O)N[C@H]3CC[C@H](C(=O)O)CC3)c(=O)n(CC(N)=O)n2)cc1. The topological polar surface area (TPSA) is 194 Å². The summed E-state index contributed by atoms with van der Waals surface area (Å²) in [7, 11) is 0. The van der Waals surface area contributed by atoms with Crippen molar-refractivity contribution >= 4 is 23.6 Å². The van der Waals surface area contributed by atoms with Crippen molar-refractivity contribution in [3.05, 3.63) is 51.8 Å². The van der Waals surface area contributed by atoms with Gasteiger partial charge < -0.3 is 21.9 Å². The Kier molecular flexibility index (Phi) is 6.67. The lowest BCUT2D eigenvalue weighted by molar-refractivity contribution is -0.142. The molecule has 11 nitrogen and oxygen atoms in total. The van der Waals surface area contributed by atoms with Gasteiger partial charge in [0.15, 0.2) is 0 Å². The first-order valence-electron chi connectivity index (χ1n) is 10.0. The first kappa shape index (κ1) is 22.7. The standard InChI is InChI=1S/C21H24N6O5/c22-17(28)10-27-20(30)15(19(29)25-14-7-5-13(6-8-14)21(31)32)9-16(26-27)11-1-3-12(4-2-11)18(23)24/h1-4,9,13-14H,5-8,10H2,(H2,22,28)(H3,23,24)(H,25,29)(H,31,32)/t13-,14-. The summed E-state index contributed by atoms with van der Waals surface area (Å²) in [6, 6.07) is 7.54. The third-order valence-corrected chi connectivity index (χ3v) is 5.43. The molecule has 1 aromatic carbocycles. The molecule has 0 aliphatic heterocycles. The van der Waals surface area contributed by atoms with Crippen molar-refractivity contribution in [2.75, 3.05) is 0 Å². The zero-order valence-corrected chi connectivity index (χ0v) is 17.2. The Morgan fingerprint density at radius 1 is 1.12 bits per heavy atom. The molecule has 11 heteroatoms. The van der Waals surface area contributed by atoms with Gasteiger partial charge in [0.1, 0.15) is 17.9 Å². The fourth-order valence-corrected chi connectivity index (χ4v) is 3.67. The quantitative estimate of drug-likeness (QED) is 0.296. The van der Waals surface area contributed by atoms with Crippen LogP contribution in [0.1, 0.15) is 41.6 Å². The van der Waals surface area contributed by atoms with Gasteiger partial charge in [0.05, 0.1) is 11.6 Å². The van der Waals surface area contributed by atoms with Crippen LogP contribution in [0, 0.1) is 11.3 Å². The molecule has 1 aliphatic carbocycles. The minimum atomic E-state index is -0.848. The van der Waals surface area contributed by atoms with E-state index >= 15 is 0 Å². The number of amidine groups is 1. The number of nitrogens with zero attached hydrogens (tertiary/aromatic N) is 2. The summed E-state index contributed by atoms with van der Waals surface area (Å²) in [5.74, 6) is -2.81. The molecule has 0 saturated heterocycles. The van der Waals surface area contributed by atoms with Crippen LogP contribution in [0.25, 0.3) is 11.3 Å². The summed E-state index contributed by atoms with van der Waals surface area (Å²) in [6.45, 7) is -0.498. The Balaban J connectivity index is 1.90. The normalized spacial score (nSPS) is 18.0. The Bertz CT molecular complexity index is 1120. The number of hydrogen-bond acceptors (Lipinski definition) is 6. The maximum atomic E-state index is 12.9. The predicted octanol–water partition coefficient (Wildman–Crippen LogP) is 0.0529. The molecule has 1 aromatic heterocycles. The van der Waals surface area contributed by atoms with E-state index in [1.165, 1.54) is 6.07 Å². The number of carboxylic acid groups (broad SMARTS) is 1. The summed E-state index contributed by atoms with van der Waals surface area (Å²) in [5, 5.41) is 23.5. The van der Waals surface area contributed by atoms with E-state index in [-0.39, 0.29) is 23.1 Å². The molecule has 1 fully saturated rings. The number of carbonyl (C=O) groups is 3. The first-order chi connectivity index (χ1) is 15.2. The van der Waals surface area contributed by atoms with Crippen molar-refractivity contribution in [2.45, 2.75) is 38.3 Å². The molecule has 7 N–H and O–H groups in total. The highest BCUT2D eigenvalue weighted by Gasteiger charge is 2.28. The number of nitrogens with two attached hydrogens (primary N) is 2. The summed E-state index contributed by atoms with van der Waals surface area (Å²) >= 11 is 0. The van der Waals surface area contributed by atoms with E-state index in [0.717, 1.165) is 4.68 Å². The monoisotopic (exact) mass is 440 g/mol. The number of amides is 2. The number of carboxylic acids is 1. The maximum Gasteiger partial charge on any atom is 0.306 e. The minimum absolute atomic E-state index is 0.110. The molecule has 2 amide bonds. The zero-order chi connectivity index (χ0) is 23.4. The second kappa shape index (κ2) is 9.41. The van der Waals surface area contributed by atoms with Gasteiger partial charge in [-0.1, -0.05) is 24.3 Å². The zero-order valence-electron chi connectivity index (χ0n) is 17.2. The van der Waals surface area contributed by atoms with E-state index in [9.17, 15) is 19.2 Å². The molecule has 2 aromatic rings. The van der Waals surface area contributed by atoms with Crippen molar-refractivity contribution < 1.29 is 19.5 Å². The minimum Gasteiger partial charge on any atom is -0.481 e. The fourth-order valence-electron chi connectivity index (χ4n) is 3.67. The van der Waals surface area contributed by atoms with Crippen molar-refractivity contribution in [2.24, 2.45) is 17.4 Å². The number of aromatic nitrogens is 2. The van der Waals surface area contributed by atoms with Crippen LogP contribution in [-0.2, 0) is 16.1 Å². The van der Waals surface area contributed by atoms with Crippen LogP contribution in [-0.4, -0.2) is 44.5 Å². The van der Waals surface area contributed by atoms with E-state index in [1.807, 2.05) is 0 Å². The van der Waals surface area contributed by atoms with Gasteiger partial charge in [-0.15, -0.1) is 0 Å². The van der Waals surface area contributed by atoms with Crippen LogP contribution < -0.4 is 22.3 Å². The van der Waals surface area contributed by atoms with Gasteiger partial charge in [0.2, 0.25) is 5.91 Å². The van der Waals surface area contributed by atoms with Crippen molar-refractivity contribution in [1.29, 1.82) is 5.41 Å². The maximum absolute atomic E-state index is 12.9. The van der Waals surface area contributed by atoms with Gasteiger partial charge in [-0.2, -0.15) is 5.10 Å². The number of benzene rings is 1. The Labute approximate surface area is 182 Å². The van der Waals surface area contributed by atoms with Crippen molar-refractivity contribution in [1.82, 2.24) is 15.1 Å². The van der Waals surface area contributed by atoms with E-state index in [0.29, 0.717) is 36.8 Å². The van der Waals surface area contributed by atoms with Crippen LogP contribution in [0.15, 0.2) is 35.1 Å². The lowest BCUT2D eigenvalue weighted by Crippen LogP contribution is -2.42. The van der Waals surface area contributed by atoms with Gasteiger partial charge in [-0.05, 0) is 31.7 Å². The van der Waals surface area contributed by atoms with E-state index < -0.39 is 35.8 Å². The molecule has 0 atom stereocenters. The molecule has 168 valence electrons. The molecule has 1 heterocycles. The molecular weight excluding hydrogens is 416 g/mol. The molecule has 3 rings (SSSR count). The molecule has 1 saturated carbocycles. The smallest absolute Gasteiger partial charge is 0.306 e. The first-order valence-corrected chi connectivity index (χ1v) is 10.0. The van der Waals surface area contributed by atoms with Crippen LogP contribution >= 0.6 is 0 Å². The average Bonchev–Trinajstić information content (AvgIpc) is 2.75. The number of aliphatic carboxylic acids is 1. The molecule has 0 spiro atoms. The third-order valence-electron chi connectivity index (χ3n) is 5.43. The van der Waals surface area contributed by atoms with E-state index in [2.05, 4.69) is 10.4 Å². The number of nitrogens with one attached hydrogen (secondary N) is 2. The van der Waals surface area contributed by atoms with Crippen LogP contribution in [0.3, 0.4) is 0 Å². The second-order valence-electron chi connectivity index (χ2n) is 7.72. The lowest BCUT2D eigenvalue weighted by Gasteiger charge is -2.26. The van der Waals surface area contributed by atoms with Gasteiger partial charge in [0.25, 0.3) is 11.5 Å². The molecular formula is C21H24N6O5. The summed E-state index contributed by atoms with van der Waals surface area (Å²) in [5.41, 5.74) is 11.0. The fraction of sp³-hybridized carbons (Fsp3) is 0.333. The Hall–Kier alpha value is -4.02. The average molecular weight is 440 g/mol. The number of rotatable bonds is 7. The Morgan fingerprint density at radius 3 is 2.28 bits per heavy atom. The van der Waals surface area contributed by atoms with Crippen LogP contribution in [0.4, 0.5) is 0 Å². The highest BCUT2D eigenvalue weighted by Crippen LogP contribution is 2.25. The number of primary amides is 1. The Morgan fingerprint density at radius 2 is 1.75 bits per heavy atom. The summed E-state index contributed by atoms with van der Waals surface area (Å²) in [6.07, 6.45) is 1.86. The van der Waals surface area contributed by atoms with Gasteiger partial charge in [-0.25, -0.2) is 4.68 Å². The van der Waals surface area contributed by atoms with Crippen molar-refractivity contribution in [3.8, 4) is 11.3 Å². The van der Waals surface area contributed by atoms with Gasteiger partial charge in [-0.3, -0.25) is 24.6 Å². The third kappa shape index (κ3) is 5.17. The summed E-state index contributed by atoms with van der Waals surface area (Å²) < 4.78 is 0.840. The number of carbonyl (C=O) groups excluding carboxylic acids is 2. The number of nitrogen functional groups attached to an aromatic ring is 1. The van der Waals surface area contributed by atoms with Gasteiger partial charge >= 0.3 is 5.97 Å². The van der Waals surface area contributed by atoms with Gasteiger partial charge in [0, 0.05) is 17.2 Å². The molecule has 0 bridgehead atoms. The van der Waals surface area contributed by atoms with E-state index in [4.69, 9.17) is 22.0 Å². The highest BCUT2D eigenvalue weighted by atomic mass is 16.4. The van der Waals surface area contributed by atoms with Crippen molar-refractivity contribution in [3.63, 3.8) is 0 Å². The largest absolute Gasteiger partial charge is 0.481 e. The predicted molar refractivity (Wildman–Crippen MR) is 115 cm³/mol. The lowest BCUT2D eigenvalue weighted by atomic mass is 9.86. The highest BCUT2D eigenvalue weighted by molar-refractivity contribution is 5.96. The number of hydrogen-bond donors (Lipinski definition) is 5. The second-order valence-corrected chi connectivity index (χ2v) is 7.72. The molecule has 1 aliphatic rings.